The molecule has 0 unspecified atom stereocenters. The van der Waals surface area contributed by atoms with Crippen molar-refractivity contribution in [2.75, 3.05) is 19.8 Å². The quantitative estimate of drug-likeness (QED) is 0.815. The standard InChI is InChI=1S/C12H18N2O/c1-10(11-3-5-13-6-4-11)14-7-12(2)8-15-9-12/h3-6,10,14H,7-9H2,1-2H3/t10-/m1/s1. The maximum atomic E-state index is 5.23. The van der Waals surface area contributed by atoms with Crippen LogP contribution in [0.5, 0.6) is 0 Å². The second-order valence-corrected chi connectivity index (χ2v) is 4.69. The molecule has 0 aromatic carbocycles. The Balaban J connectivity index is 1.85. The molecule has 1 aromatic heterocycles. The summed E-state index contributed by atoms with van der Waals surface area (Å²) in [4.78, 5) is 4.02. The van der Waals surface area contributed by atoms with Crippen molar-refractivity contribution in [2.24, 2.45) is 5.41 Å². The summed E-state index contributed by atoms with van der Waals surface area (Å²) in [6.45, 7) is 7.20. The molecule has 0 aliphatic carbocycles. The lowest BCUT2D eigenvalue weighted by Crippen LogP contribution is -2.47. The van der Waals surface area contributed by atoms with Crippen LogP contribution in [0.4, 0.5) is 0 Å². The van der Waals surface area contributed by atoms with E-state index in [0.717, 1.165) is 19.8 Å². The second kappa shape index (κ2) is 4.29. The summed E-state index contributed by atoms with van der Waals surface area (Å²) >= 11 is 0. The summed E-state index contributed by atoms with van der Waals surface area (Å²) in [7, 11) is 0. The first-order valence-electron chi connectivity index (χ1n) is 5.41. The Bertz CT molecular complexity index is 309. The summed E-state index contributed by atoms with van der Waals surface area (Å²) in [6.07, 6.45) is 3.67. The molecule has 0 bridgehead atoms. The molecule has 1 N–H and O–H groups in total. The van der Waals surface area contributed by atoms with Gasteiger partial charge in [-0.15, -0.1) is 0 Å². The van der Waals surface area contributed by atoms with Crippen LogP contribution in [0.3, 0.4) is 0 Å². The fraction of sp³-hybridized carbons (Fsp3) is 0.583. The SMILES string of the molecule is C[C@@H](NCC1(C)COC1)c1ccncc1. The van der Waals surface area contributed by atoms with Crippen molar-refractivity contribution in [3.05, 3.63) is 30.1 Å². The Morgan fingerprint density at radius 3 is 2.67 bits per heavy atom. The number of hydrogen-bond acceptors (Lipinski definition) is 3. The monoisotopic (exact) mass is 206 g/mol. The topological polar surface area (TPSA) is 34.1 Å². The van der Waals surface area contributed by atoms with E-state index in [-0.39, 0.29) is 0 Å². The van der Waals surface area contributed by atoms with Crippen LogP contribution < -0.4 is 5.32 Å². The number of nitrogens with one attached hydrogen (secondary N) is 1. The van der Waals surface area contributed by atoms with Crippen LogP contribution in [0, 0.1) is 5.41 Å². The van der Waals surface area contributed by atoms with E-state index in [0.29, 0.717) is 11.5 Å². The minimum Gasteiger partial charge on any atom is -0.380 e. The number of rotatable bonds is 4. The molecular weight excluding hydrogens is 188 g/mol. The van der Waals surface area contributed by atoms with E-state index in [1.165, 1.54) is 5.56 Å². The molecule has 3 nitrogen and oxygen atoms in total. The smallest absolute Gasteiger partial charge is 0.0554 e. The maximum Gasteiger partial charge on any atom is 0.0554 e. The van der Waals surface area contributed by atoms with Crippen molar-refractivity contribution < 1.29 is 4.74 Å². The van der Waals surface area contributed by atoms with E-state index < -0.39 is 0 Å². The molecule has 3 heteroatoms. The first-order valence-corrected chi connectivity index (χ1v) is 5.41. The van der Waals surface area contributed by atoms with Gasteiger partial charge in [0.2, 0.25) is 0 Å². The van der Waals surface area contributed by atoms with Crippen LogP contribution in [0.1, 0.15) is 25.5 Å². The van der Waals surface area contributed by atoms with E-state index in [1.54, 1.807) is 0 Å². The molecule has 0 spiro atoms. The predicted octanol–water partition coefficient (Wildman–Crippen LogP) is 1.77. The van der Waals surface area contributed by atoms with E-state index in [2.05, 4.69) is 36.3 Å². The van der Waals surface area contributed by atoms with Crippen LogP contribution in [-0.2, 0) is 4.74 Å². The average Bonchev–Trinajstić information content (AvgIpc) is 2.24. The third-order valence-corrected chi connectivity index (χ3v) is 2.94. The minimum atomic E-state index is 0.335. The van der Waals surface area contributed by atoms with E-state index in [9.17, 15) is 0 Å². The first kappa shape index (κ1) is 10.6. The molecule has 15 heavy (non-hydrogen) atoms. The molecular formula is C12H18N2O. The van der Waals surface area contributed by atoms with Gasteiger partial charge >= 0.3 is 0 Å². The van der Waals surface area contributed by atoms with Gasteiger partial charge in [-0.25, -0.2) is 0 Å². The molecule has 1 aliphatic heterocycles. The summed E-state index contributed by atoms with van der Waals surface area (Å²) in [5.74, 6) is 0. The molecule has 2 rings (SSSR count). The largest absolute Gasteiger partial charge is 0.380 e. The Hall–Kier alpha value is -0.930. The van der Waals surface area contributed by atoms with Crippen LogP contribution in [0.25, 0.3) is 0 Å². The highest BCUT2D eigenvalue weighted by atomic mass is 16.5. The van der Waals surface area contributed by atoms with E-state index in [4.69, 9.17) is 4.74 Å². The zero-order chi connectivity index (χ0) is 10.7. The Labute approximate surface area is 90.9 Å². The van der Waals surface area contributed by atoms with Crippen LogP contribution >= 0.6 is 0 Å². The van der Waals surface area contributed by atoms with E-state index in [1.807, 2.05) is 12.4 Å². The van der Waals surface area contributed by atoms with Gasteiger partial charge in [-0.1, -0.05) is 6.92 Å². The highest BCUT2D eigenvalue weighted by Gasteiger charge is 2.33. The highest BCUT2D eigenvalue weighted by Crippen LogP contribution is 2.26. The molecule has 2 heterocycles. The van der Waals surface area contributed by atoms with Crippen molar-refractivity contribution in [3.63, 3.8) is 0 Å². The number of ether oxygens (including phenoxy) is 1. The van der Waals surface area contributed by atoms with Crippen molar-refractivity contribution in [1.29, 1.82) is 0 Å². The van der Waals surface area contributed by atoms with Gasteiger partial charge in [0.25, 0.3) is 0 Å². The van der Waals surface area contributed by atoms with Gasteiger partial charge in [-0.3, -0.25) is 4.98 Å². The van der Waals surface area contributed by atoms with Crippen molar-refractivity contribution in [2.45, 2.75) is 19.9 Å². The van der Waals surface area contributed by atoms with Crippen molar-refractivity contribution in [1.82, 2.24) is 10.3 Å². The van der Waals surface area contributed by atoms with E-state index >= 15 is 0 Å². The molecule has 82 valence electrons. The molecule has 1 fully saturated rings. The predicted molar refractivity (Wildman–Crippen MR) is 59.6 cm³/mol. The maximum absolute atomic E-state index is 5.23. The Morgan fingerprint density at radius 2 is 2.13 bits per heavy atom. The molecule has 1 atom stereocenters. The second-order valence-electron chi connectivity index (χ2n) is 4.69. The van der Waals surface area contributed by atoms with Crippen molar-refractivity contribution in [3.8, 4) is 0 Å². The van der Waals surface area contributed by atoms with Gasteiger partial charge < -0.3 is 10.1 Å². The first-order chi connectivity index (χ1) is 7.20. The average molecular weight is 206 g/mol. The number of aromatic nitrogens is 1. The molecule has 0 amide bonds. The van der Waals surface area contributed by atoms with Gasteiger partial charge in [0, 0.05) is 30.4 Å². The number of nitrogens with zero attached hydrogens (tertiary/aromatic N) is 1. The summed E-state index contributed by atoms with van der Waals surface area (Å²) < 4.78 is 5.23. The Kier molecular flexibility index (Phi) is 3.03. The van der Waals surface area contributed by atoms with Gasteiger partial charge in [-0.05, 0) is 24.6 Å². The van der Waals surface area contributed by atoms with Crippen LogP contribution in [0.2, 0.25) is 0 Å². The summed E-state index contributed by atoms with van der Waals surface area (Å²) in [6, 6.07) is 4.49. The number of pyridine rings is 1. The fourth-order valence-corrected chi connectivity index (χ4v) is 1.72. The third-order valence-electron chi connectivity index (χ3n) is 2.94. The lowest BCUT2D eigenvalue weighted by atomic mass is 9.88. The zero-order valence-electron chi connectivity index (χ0n) is 9.36. The Morgan fingerprint density at radius 1 is 1.47 bits per heavy atom. The fourth-order valence-electron chi connectivity index (χ4n) is 1.72. The summed E-state index contributed by atoms with van der Waals surface area (Å²) in [5, 5.41) is 3.53. The lowest BCUT2D eigenvalue weighted by Gasteiger charge is -2.39. The van der Waals surface area contributed by atoms with Gasteiger partial charge in [0.05, 0.1) is 13.2 Å². The van der Waals surface area contributed by atoms with Crippen molar-refractivity contribution >= 4 is 0 Å². The summed E-state index contributed by atoms with van der Waals surface area (Å²) in [5.41, 5.74) is 1.62. The third kappa shape index (κ3) is 2.55. The van der Waals surface area contributed by atoms with Gasteiger partial charge in [0.15, 0.2) is 0 Å². The molecule has 1 aliphatic rings. The van der Waals surface area contributed by atoms with Crippen LogP contribution in [-0.4, -0.2) is 24.7 Å². The minimum absolute atomic E-state index is 0.335. The number of hydrogen-bond donors (Lipinski definition) is 1. The van der Waals surface area contributed by atoms with Gasteiger partial charge in [0.1, 0.15) is 0 Å². The normalized spacial score (nSPS) is 20.7. The zero-order valence-corrected chi connectivity index (χ0v) is 9.36. The molecule has 1 aromatic rings. The van der Waals surface area contributed by atoms with Gasteiger partial charge in [-0.2, -0.15) is 0 Å². The lowest BCUT2D eigenvalue weighted by molar-refractivity contribution is -0.0999. The van der Waals surface area contributed by atoms with Crippen LogP contribution in [0.15, 0.2) is 24.5 Å². The highest BCUT2D eigenvalue weighted by molar-refractivity contribution is 5.14. The molecule has 0 saturated carbocycles. The molecule has 0 radical (unpaired) electrons. The molecule has 1 saturated heterocycles.